The molecule has 0 radical (unpaired) electrons. The van der Waals surface area contributed by atoms with Crippen molar-refractivity contribution in [3.63, 3.8) is 0 Å². The Kier molecular flexibility index (Phi) is 6.02. The van der Waals surface area contributed by atoms with E-state index in [4.69, 9.17) is 0 Å². The lowest BCUT2D eigenvalue weighted by Crippen LogP contribution is -2.26. The normalized spacial score (nSPS) is 11.1. The Balaban J connectivity index is 1.48. The van der Waals surface area contributed by atoms with E-state index in [1.54, 1.807) is 11.0 Å². The largest absolute Gasteiger partial charge is 0.293 e. The van der Waals surface area contributed by atoms with Crippen LogP contribution in [0.3, 0.4) is 0 Å². The van der Waals surface area contributed by atoms with Gasteiger partial charge in [0.1, 0.15) is 5.82 Å². The van der Waals surface area contributed by atoms with Crippen LogP contribution >= 0.6 is 0 Å². The molecule has 4 aromatic rings. The van der Waals surface area contributed by atoms with Crippen molar-refractivity contribution in [2.45, 2.75) is 19.5 Å². The number of aromatic nitrogens is 4. The molecule has 0 saturated heterocycles. The number of hydrogen-bond acceptors (Lipinski definition) is 4. The van der Waals surface area contributed by atoms with Crippen LogP contribution in [0.15, 0.2) is 85.2 Å². The molecule has 2 heterocycles. The second kappa shape index (κ2) is 9.21. The van der Waals surface area contributed by atoms with Crippen molar-refractivity contribution in [2.75, 3.05) is 6.54 Å². The summed E-state index contributed by atoms with van der Waals surface area (Å²) in [5.41, 5.74) is 3.92. The second-order valence-corrected chi connectivity index (χ2v) is 6.87. The highest BCUT2D eigenvalue weighted by atomic mass is 19.1. The zero-order valence-corrected chi connectivity index (χ0v) is 16.0. The second-order valence-electron chi connectivity index (χ2n) is 6.87. The Labute approximate surface area is 169 Å². The van der Waals surface area contributed by atoms with E-state index in [2.05, 4.69) is 20.1 Å². The van der Waals surface area contributed by atoms with Gasteiger partial charge in [-0.1, -0.05) is 36.4 Å². The van der Waals surface area contributed by atoms with E-state index in [1.165, 1.54) is 12.1 Å². The fourth-order valence-corrected chi connectivity index (χ4v) is 3.16. The van der Waals surface area contributed by atoms with Crippen LogP contribution in [0.5, 0.6) is 0 Å². The Bertz CT molecular complexity index is 1020. The van der Waals surface area contributed by atoms with Gasteiger partial charge in [0.2, 0.25) is 0 Å². The molecule has 4 rings (SSSR count). The van der Waals surface area contributed by atoms with Gasteiger partial charge in [-0.2, -0.15) is 15.0 Å². The first-order valence-electron chi connectivity index (χ1n) is 9.59. The van der Waals surface area contributed by atoms with Crippen molar-refractivity contribution in [2.24, 2.45) is 0 Å². The first kappa shape index (κ1) is 19.0. The maximum absolute atomic E-state index is 13.3. The van der Waals surface area contributed by atoms with E-state index in [9.17, 15) is 4.39 Å². The topological polar surface area (TPSA) is 46.8 Å². The maximum Gasteiger partial charge on any atom is 0.123 e. The third-order valence-corrected chi connectivity index (χ3v) is 4.64. The summed E-state index contributed by atoms with van der Waals surface area (Å²) in [5, 5.41) is 9.01. The number of para-hydroxylation sites is 1. The van der Waals surface area contributed by atoms with Crippen LogP contribution in [-0.2, 0) is 19.5 Å². The fraction of sp³-hybridized carbons (Fsp3) is 0.174. The first-order valence-corrected chi connectivity index (χ1v) is 9.59. The average molecular weight is 387 g/mol. The molecular formula is C23H22FN5. The van der Waals surface area contributed by atoms with Gasteiger partial charge < -0.3 is 0 Å². The standard InChI is InChI=1S/C23H22FN5/c24-20-11-9-19(10-12-20)17-28(15-13-21-6-4-5-14-25-21)18-22-16-26-29(27-22)23-7-2-1-3-8-23/h1-12,14,16H,13,15,17-18H2. The molecule has 0 saturated carbocycles. The lowest BCUT2D eigenvalue weighted by atomic mass is 10.2. The smallest absolute Gasteiger partial charge is 0.123 e. The van der Waals surface area contributed by atoms with Gasteiger partial charge >= 0.3 is 0 Å². The molecule has 0 amide bonds. The first-order chi connectivity index (χ1) is 14.3. The summed E-state index contributed by atoms with van der Waals surface area (Å²) in [7, 11) is 0. The molecule has 0 aliphatic rings. The summed E-state index contributed by atoms with van der Waals surface area (Å²) in [4.78, 5) is 8.33. The zero-order chi connectivity index (χ0) is 19.9. The molecule has 2 aromatic carbocycles. The molecular weight excluding hydrogens is 365 g/mol. The van der Waals surface area contributed by atoms with Crippen LogP contribution < -0.4 is 0 Å². The average Bonchev–Trinajstić information content (AvgIpc) is 3.23. The number of pyridine rings is 1. The molecule has 0 spiro atoms. The molecule has 0 fully saturated rings. The molecule has 6 heteroatoms. The number of benzene rings is 2. The molecule has 0 N–H and O–H groups in total. The van der Waals surface area contributed by atoms with Crippen molar-refractivity contribution in [1.29, 1.82) is 0 Å². The van der Waals surface area contributed by atoms with Crippen molar-refractivity contribution in [3.05, 3.63) is 108 Å². The van der Waals surface area contributed by atoms with E-state index in [-0.39, 0.29) is 5.82 Å². The minimum Gasteiger partial charge on any atom is -0.293 e. The molecule has 2 aromatic heterocycles. The van der Waals surface area contributed by atoms with E-state index in [0.29, 0.717) is 13.1 Å². The van der Waals surface area contributed by atoms with Crippen LogP contribution in [0.2, 0.25) is 0 Å². The van der Waals surface area contributed by atoms with Crippen LogP contribution in [0.4, 0.5) is 4.39 Å². The highest BCUT2D eigenvalue weighted by molar-refractivity contribution is 5.28. The van der Waals surface area contributed by atoms with Crippen molar-refractivity contribution in [3.8, 4) is 5.69 Å². The van der Waals surface area contributed by atoms with Gasteiger partial charge in [0, 0.05) is 37.9 Å². The van der Waals surface area contributed by atoms with Gasteiger partial charge in [0.05, 0.1) is 17.6 Å². The van der Waals surface area contributed by atoms with Crippen LogP contribution in [0.1, 0.15) is 17.0 Å². The SMILES string of the molecule is Fc1ccc(CN(CCc2ccccn2)Cc2cnn(-c3ccccc3)n2)cc1. The fourth-order valence-electron chi connectivity index (χ4n) is 3.16. The van der Waals surface area contributed by atoms with E-state index >= 15 is 0 Å². The van der Waals surface area contributed by atoms with Crippen LogP contribution in [-0.4, -0.2) is 31.4 Å². The van der Waals surface area contributed by atoms with Gasteiger partial charge in [-0.05, 0) is 42.0 Å². The number of rotatable bonds is 8. The van der Waals surface area contributed by atoms with Crippen molar-refractivity contribution >= 4 is 0 Å². The molecule has 0 aliphatic carbocycles. The monoisotopic (exact) mass is 387 g/mol. The molecule has 0 bridgehead atoms. The molecule has 0 aliphatic heterocycles. The Hall–Kier alpha value is -3.38. The Morgan fingerprint density at radius 1 is 0.828 bits per heavy atom. The summed E-state index contributed by atoms with van der Waals surface area (Å²) in [6.45, 7) is 2.16. The van der Waals surface area contributed by atoms with Crippen molar-refractivity contribution < 1.29 is 4.39 Å². The molecule has 146 valence electrons. The lowest BCUT2D eigenvalue weighted by molar-refractivity contribution is 0.255. The predicted molar refractivity (Wildman–Crippen MR) is 110 cm³/mol. The molecule has 29 heavy (non-hydrogen) atoms. The third-order valence-electron chi connectivity index (χ3n) is 4.64. The predicted octanol–water partition coefficient (Wildman–Crippen LogP) is 4.05. The lowest BCUT2D eigenvalue weighted by Gasteiger charge is -2.21. The Morgan fingerprint density at radius 2 is 1.62 bits per heavy atom. The van der Waals surface area contributed by atoms with Gasteiger partial charge in [-0.25, -0.2) is 4.39 Å². The Morgan fingerprint density at radius 3 is 2.38 bits per heavy atom. The minimum atomic E-state index is -0.223. The van der Waals surface area contributed by atoms with Gasteiger partial charge in [-0.15, -0.1) is 0 Å². The highest BCUT2D eigenvalue weighted by Crippen LogP contribution is 2.12. The number of nitrogens with zero attached hydrogens (tertiary/aromatic N) is 5. The summed E-state index contributed by atoms with van der Waals surface area (Å²) >= 11 is 0. The maximum atomic E-state index is 13.3. The summed E-state index contributed by atoms with van der Waals surface area (Å²) in [6.07, 6.45) is 4.44. The summed E-state index contributed by atoms with van der Waals surface area (Å²) in [5.74, 6) is -0.223. The van der Waals surface area contributed by atoms with Crippen molar-refractivity contribution in [1.82, 2.24) is 24.9 Å². The summed E-state index contributed by atoms with van der Waals surface area (Å²) in [6, 6.07) is 22.4. The van der Waals surface area contributed by atoms with E-state index in [1.807, 2.05) is 66.9 Å². The van der Waals surface area contributed by atoms with Crippen LogP contribution in [0.25, 0.3) is 5.69 Å². The molecule has 0 atom stereocenters. The quantitative estimate of drug-likeness (QED) is 0.458. The minimum absolute atomic E-state index is 0.223. The van der Waals surface area contributed by atoms with E-state index < -0.39 is 0 Å². The van der Waals surface area contributed by atoms with E-state index in [0.717, 1.165) is 35.6 Å². The molecule has 5 nitrogen and oxygen atoms in total. The number of hydrogen-bond donors (Lipinski definition) is 0. The third kappa shape index (κ3) is 5.33. The zero-order valence-electron chi connectivity index (χ0n) is 16.0. The van der Waals surface area contributed by atoms with Gasteiger partial charge in [0.25, 0.3) is 0 Å². The molecule has 0 unspecified atom stereocenters. The highest BCUT2D eigenvalue weighted by Gasteiger charge is 2.11. The number of halogens is 1. The summed E-state index contributed by atoms with van der Waals surface area (Å²) < 4.78 is 13.3. The van der Waals surface area contributed by atoms with Gasteiger partial charge in [0.15, 0.2) is 0 Å². The van der Waals surface area contributed by atoms with Crippen LogP contribution in [0, 0.1) is 5.82 Å². The van der Waals surface area contributed by atoms with Gasteiger partial charge in [-0.3, -0.25) is 9.88 Å².